The lowest BCUT2D eigenvalue weighted by molar-refractivity contribution is -0.143. The number of imide groups is 1. The summed E-state index contributed by atoms with van der Waals surface area (Å²) < 4.78 is 1.75. The maximum Gasteiger partial charge on any atom is 0.327 e. The first kappa shape index (κ1) is 22.3. The quantitative estimate of drug-likeness (QED) is 0.638. The van der Waals surface area contributed by atoms with Crippen molar-refractivity contribution < 1.29 is 19.5 Å². The van der Waals surface area contributed by atoms with Crippen LogP contribution < -0.4 is 0 Å². The minimum absolute atomic E-state index is 0.0460. The Labute approximate surface area is 177 Å². The third kappa shape index (κ3) is 4.21. The number of urea groups is 1. The number of piperidine rings is 1. The molecule has 3 rings (SSSR count). The maximum atomic E-state index is 13.3. The van der Waals surface area contributed by atoms with Gasteiger partial charge in [-0.1, -0.05) is 20.8 Å². The van der Waals surface area contributed by atoms with E-state index in [0.29, 0.717) is 45.4 Å². The summed E-state index contributed by atoms with van der Waals surface area (Å²) in [5.41, 5.74) is -0.876. The molecule has 1 aromatic heterocycles. The van der Waals surface area contributed by atoms with Crippen molar-refractivity contribution in [2.75, 3.05) is 32.8 Å². The number of amides is 4. The average molecular weight is 420 g/mol. The second kappa shape index (κ2) is 9.16. The molecule has 1 atom stereocenters. The third-order valence-electron chi connectivity index (χ3n) is 6.05. The van der Waals surface area contributed by atoms with Crippen LogP contribution in [0.2, 0.25) is 0 Å². The van der Waals surface area contributed by atoms with Crippen molar-refractivity contribution in [3.63, 3.8) is 0 Å². The van der Waals surface area contributed by atoms with E-state index in [1.54, 1.807) is 20.7 Å². The van der Waals surface area contributed by atoms with Crippen LogP contribution in [0.3, 0.4) is 0 Å². The van der Waals surface area contributed by atoms with E-state index in [0.717, 1.165) is 0 Å². The zero-order chi connectivity index (χ0) is 21.9. The van der Waals surface area contributed by atoms with Gasteiger partial charge >= 0.3 is 6.03 Å². The van der Waals surface area contributed by atoms with Gasteiger partial charge in [0.25, 0.3) is 5.91 Å². The lowest BCUT2D eigenvalue weighted by atomic mass is 9.85. The Morgan fingerprint density at radius 2 is 1.90 bits per heavy atom. The highest BCUT2D eigenvalue weighted by molar-refractivity contribution is 6.07. The minimum atomic E-state index is -0.876. The summed E-state index contributed by atoms with van der Waals surface area (Å²) in [6, 6.07) is 1.56. The Kier molecular flexibility index (Phi) is 6.80. The second-order valence-corrected chi connectivity index (χ2v) is 8.81. The number of likely N-dealkylation sites (tertiary alicyclic amines) is 1. The van der Waals surface area contributed by atoms with Gasteiger partial charge in [0, 0.05) is 45.2 Å². The Balaban J connectivity index is 1.70. The van der Waals surface area contributed by atoms with Crippen LogP contribution in [-0.4, -0.2) is 85.8 Å². The molecule has 1 N–H and O–H groups in total. The van der Waals surface area contributed by atoms with Crippen molar-refractivity contribution in [2.45, 2.75) is 52.1 Å². The molecular weight excluding hydrogens is 386 g/mol. The van der Waals surface area contributed by atoms with Gasteiger partial charge in [-0.3, -0.25) is 19.2 Å². The fourth-order valence-electron chi connectivity index (χ4n) is 4.49. The maximum absolute atomic E-state index is 13.3. The van der Waals surface area contributed by atoms with Crippen molar-refractivity contribution in [2.24, 2.45) is 11.8 Å². The number of aliphatic hydroxyl groups excluding tert-OH is 1. The van der Waals surface area contributed by atoms with Crippen LogP contribution in [0, 0.1) is 11.8 Å². The lowest BCUT2D eigenvalue weighted by Crippen LogP contribution is -2.58. The van der Waals surface area contributed by atoms with Gasteiger partial charge in [-0.2, -0.15) is 5.10 Å². The van der Waals surface area contributed by atoms with Gasteiger partial charge in [-0.25, -0.2) is 4.79 Å². The van der Waals surface area contributed by atoms with E-state index in [-0.39, 0.29) is 42.8 Å². The Morgan fingerprint density at radius 3 is 2.47 bits per heavy atom. The van der Waals surface area contributed by atoms with Gasteiger partial charge in [0.15, 0.2) is 0 Å². The normalized spacial score (nSPS) is 20.0. The van der Waals surface area contributed by atoms with E-state index < -0.39 is 5.54 Å². The van der Waals surface area contributed by atoms with Gasteiger partial charge < -0.3 is 14.9 Å². The zero-order valence-electron chi connectivity index (χ0n) is 18.2. The highest BCUT2D eigenvalue weighted by atomic mass is 16.3. The summed E-state index contributed by atoms with van der Waals surface area (Å²) in [7, 11) is 0. The molecule has 2 saturated heterocycles. The molecule has 2 aliphatic heterocycles. The number of carbonyl (C=O) groups is 3. The summed E-state index contributed by atoms with van der Waals surface area (Å²) in [5.74, 6) is -0.124. The fraction of sp³-hybridized carbons (Fsp3) is 0.714. The molecule has 0 saturated carbocycles. The van der Waals surface area contributed by atoms with Crippen LogP contribution >= 0.6 is 0 Å². The summed E-state index contributed by atoms with van der Waals surface area (Å²) in [6.07, 6.45) is 4.79. The van der Waals surface area contributed by atoms with E-state index >= 15 is 0 Å². The molecular formula is C21H33N5O4. The first-order valence-electron chi connectivity index (χ1n) is 10.8. The van der Waals surface area contributed by atoms with E-state index in [2.05, 4.69) is 5.10 Å². The molecule has 166 valence electrons. The molecule has 0 aliphatic carbocycles. The highest BCUT2D eigenvalue weighted by Crippen LogP contribution is 2.38. The molecule has 0 radical (unpaired) electrons. The standard InChI is InChI=1S/C21H33N5O4/c1-16(2)14-26-20(30)25(10-5-13-27)19(29)21(26)6-11-23(12-7-21)18(28)17(3)15-24-9-4-8-22-24/h4,8-9,16-17,27H,5-7,10-15H2,1-3H3. The molecule has 30 heavy (non-hydrogen) atoms. The summed E-state index contributed by atoms with van der Waals surface area (Å²) in [5, 5.41) is 13.3. The van der Waals surface area contributed by atoms with Gasteiger partial charge in [-0.05, 0) is 31.2 Å². The Morgan fingerprint density at radius 1 is 1.20 bits per heavy atom. The van der Waals surface area contributed by atoms with Crippen LogP contribution in [0.4, 0.5) is 4.79 Å². The van der Waals surface area contributed by atoms with Crippen molar-refractivity contribution in [3.8, 4) is 0 Å². The molecule has 1 aromatic rings. The van der Waals surface area contributed by atoms with Crippen molar-refractivity contribution in [1.29, 1.82) is 0 Å². The predicted molar refractivity (Wildman–Crippen MR) is 110 cm³/mol. The number of carbonyl (C=O) groups excluding carboxylic acids is 3. The van der Waals surface area contributed by atoms with Crippen molar-refractivity contribution >= 4 is 17.8 Å². The predicted octanol–water partition coefficient (Wildman–Crippen LogP) is 1.18. The van der Waals surface area contributed by atoms with E-state index in [1.807, 2.05) is 33.0 Å². The molecule has 4 amide bonds. The number of aromatic nitrogens is 2. The Bertz CT molecular complexity index is 755. The summed E-state index contributed by atoms with van der Waals surface area (Å²) >= 11 is 0. The number of aliphatic hydroxyl groups is 1. The number of rotatable bonds is 8. The molecule has 1 spiro atoms. The Hall–Kier alpha value is -2.42. The van der Waals surface area contributed by atoms with Crippen LogP contribution in [0.5, 0.6) is 0 Å². The average Bonchev–Trinajstić information content (AvgIpc) is 3.29. The number of hydrogen-bond acceptors (Lipinski definition) is 5. The fourth-order valence-corrected chi connectivity index (χ4v) is 4.49. The van der Waals surface area contributed by atoms with E-state index in [1.165, 1.54) is 4.90 Å². The first-order chi connectivity index (χ1) is 14.3. The van der Waals surface area contributed by atoms with Gasteiger partial charge in [-0.15, -0.1) is 0 Å². The molecule has 9 nitrogen and oxygen atoms in total. The molecule has 1 unspecified atom stereocenters. The largest absolute Gasteiger partial charge is 0.396 e. The highest BCUT2D eigenvalue weighted by Gasteiger charge is 2.58. The SMILES string of the molecule is CC(C)CN1C(=O)N(CCCO)C(=O)C12CCN(C(=O)C(C)Cn1cccn1)CC2. The molecule has 2 aliphatic rings. The van der Waals surface area contributed by atoms with Crippen molar-refractivity contribution in [1.82, 2.24) is 24.5 Å². The molecule has 0 aromatic carbocycles. The number of hydrogen-bond donors (Lipinski definition) is 1. The van der Waals surface area contributed by atoms with E-state index in [9.17, 15) is 14.4 Å². The van der Waals surface area contributed by atoms with Gasteiger partial charge in [0.1, 0.15) is 5.54 Å². The molecule has 0 bridgehead atoms. The lowest BCUT2D eigenvalue weighted by Gasteiger charge is -2.43. The zero-order valence-corrected chi connectivity index (χ0v) is 18.2. The number of nitrogens with zero attached hydrogens (tertiary/aromatic N) is 5. The second-order valence-electron chi connectivity index (χ2n) is 8.81. The van der Waals surface area contributed by atoms with Gasteiger partial charge in [0.05, 0.1) is 12.5 Å². The summed E-state index contributed by atoms with van der Waals surface area (Å²) in [6.45, 7) is 8.02. The minimum Gasteiger partial charge on any atom is -0.396 e. The van der Waals surface area contributed by atoms with Crippen LogP contribution in [0.1, 0.15) is 40.0 Å². The van der Waals surface area contributed by atoms with Crippen molar-refractivity contribution in [3.05, 3.63) is 18.5 Å². The van der Waals surface area contributed by atoms with Gasteiger partial charge in [0.2, 0.25) is 5.91 Å². The topological polar surface area (TPSA) is 99.0 Å². The summed E-state index contributed by atoms with van der Waals surface area (Å²) in [4.78, 5) is 44.0. The van der Waals surface area contributed by atoms with E-state index in [4.69, 9.17) is 5.11 Å². The molecule has 9 heteroatoms. The third-order valence-corrected chi connectivity index (χ3v) is 6.05. The monoisotopic (exact) mass is 419 g/mol. The smallest absolute Gasteiger partial charge is 0.327 e. The van der Waals surface area contributed by atoms with Crippen LogP contribution in [-0.2, 0) is 16.1 Å². The molecule has 3 heterocycles. The first-order valence-corrected chi connectivity index (χ1v) is 10.8. The molecule has 2 fully saturated rings. The van der Waals surface area contributed by atoms with Crippen LogP contribution in [0.25, 0.3) is 0 Å². The van der Waals surface area contributed by atoms with Crippen LogP contribution in [0.15, 0.2) is 18.5 Å².